The summed E-state index contributed by atoms with van der Waals surface area (Å²) >= 11 is 0. The van der Waals surface area contributed by atoms with E-state index in [-0.39, 0.29) is 17.6 Å². The predicted molar refractivity (Wildman–Crippen MR) is 56.4 cm³/mol. The van der Waals surface area contributed by atoms with E-state index in [0.717, 1.165) is 12.8 Å². The first-order chi connectivity index (χ1) is 7.01. The van der Waals surface area contributed by atoms with Crippen LogP contribution in [0.25, 0.3) is 0 Å². The van der Waals surface area contributed by atoms with Crippen LogP contribution in [0.2, 0.25) is 0 Å². The summed E-state index contributed by atoms with van der Waals surface area (Å²) in [7, 11) is 0. The Labute approximate surface area is 91.1 Å². The van der Waals surface area contributed by atoms with Crippen molar-refractivity contribution >= 4 is 5.78 Å². The lowest BCUT2D eigenvalue weighted by Crippen LogP contribution is -2.29. The van der Waals surface area contributed by atoms with E-state index in [1.165, 1.54) is 0 Å². The first-order valence-corrected chi connectivity index (χ1v) is 5.79. The van der Waals surface area contributed by atoms with Crippen LogP contribution in [-0.2, 0) is 14.3 Å². The van der Waals surface area contributed by atoms with Crippen molar-refractivity contribution in [1.82, 2.24) is 0 Å². The molecule has 1 saturated carbocycles. The highest BCUT2D eigenvalue weighted by molar-refractivity contribution is 5.88. The van der Waals surface area contributed by atoms with E-state index in [1.807, 2.05) is 6.92 Å². The summed E-state index contributed by atoms with van der Waals surface area (Å²) in [5, 5.41) is 0. The Hall–Kier alpha value is -0.410. The zero-order valence-electron chi connectivity index (χ0n) is 9.79. The molecule has 2 rings (SSSR count). The molecule has 2 aliphatic rings. The molecule has 2 fully saturated rings. The van der Waals surface area contributed by atoms with Crippen LogP contribution in [0.3, 0.4) is 0 Å². The number of ether oxygens (including phenoxy) is 2. The highest BCUT2D eigenvalue weighted by atomic mass is 16.7. The summed E-state index contributed by atoms with van der Waals surface area (Å²) in [5.41, 5.74) is -0.200. The molecule has 0 unspecified atom stereocenters. The fraction of sp³-hybridized carbons (Fsp3) is 0.917. The Balaban J connectivity index is 2.00. The van der Waals surface area contributed by atoms with Crippen LogP contribution in [0.1, 0.15) is 33.6 Å². The lowest BCUT2D eigenvalue weighted by Gasteiger charge is -2.26. The molecule has 0 aromatic rings. The van der Waals surface area contributed by atoms with E-state index in [2.05, 4.69) is 13.8 Å². The Morgan fingerprint density at radius 3 is 2.40 bits per heavy atom. The van der Waals surface area contributed by atoms with E-state index in [9.17, 15) is 4.79 Å². The lowest BCUT2D eigenvalue weighted by atomic mass is 9.79. The fourth-order valence-electron chi connectivity index (χ4n) is 2.83. The van der Waals surface area contributed by atoms with E-state index >= 15 is 0 Å². The molecule has 1 saturated heterocycles. The molecule has 15 heavy (non-hydrogen) atoms. The van der Waals surface area contributed by atoms with Gasteiger partial charge in [0, 0.05) is 17.8 Å². The second-order valence-electron chi connectivity index (χ2n) is 5.33. The number of carbonyl (C=O) groups is 1. The molecule has 0 radical (unpaired) electrons. The van der Waals surface area contributed by atoms with Gasteiger partial charge in [-0.15, -0.1) is 0 Å². The maximum Gasteiger partial charge on any atom is 0.158 e. The third-order valence-electron chi connectivity index (χ3n) is 3.91. The molecule has 0 N–H and O–H groups in total. The third-order valence-corrected chi connectivity index (χ3v) is 3.91. The van der Waals surface area contributed by atoms with E-state index in [1.54, 1.807) is 0 Å². The molecule has 0 aromatic heterocycles. The van der Waals surface area contributed by atoms with E-state index in [0.29, 0.717) is 24.9 Å². The zero-order valence-corrected chi connectivity index (χ0v) is 9.79. The second kappa shape index (κ2) is 3.87. The normalized spacial score (nSPS) is 36.3. The van der Waals surface area contributed by atoms with Crippen molar-refractivity contribution in [1.29, 1.82) is 0 Å². The SMILES string of the molecule is C[C@H]1C[C@H](CC2OCCO2)C(C)(C)C1=O. The van der Waals surface area contributed by atoms with Gasteiger partial charge in [-0.1, -0.05) is 20.8 Å². The van der Waals surface area contributed by atoms with Crippen LogP contribution in [0.4, 0.5) is 0 Å². The molecular formula is C12H20O3. The van der Waals surface area contributed by atoms with Crippen LogP contribution >= 0.6 is 0 Å². The molecule has 1 aliphatic carbocycles. The molecule has 3 nitrogen and oxygen atoms in total. The van der Waals surface area contributed by atoms with Crippen molar-refractivity contribution in [3.8, 4) is 0 Å². The summed E-state index contributed by atoms with van der Waals surface area (Å²) in [6.45, 7) is 7.53. The smallest absolute Gasteiger partial charge is 0.158 e. The average molecular weight is 212 g/mol. The van der Waals surface area contributed by atoms with E-state index in [4.69, 9.17) is 9.47 Å². The molecule has 0 bridgehead atoms. The van der Waals surface area contributed by atoms with Crippen molar-refractivity contribution < 1.29 is 14.3 Å². The fourth-order valence-corrected chi connectivity index (χ4v) is 2.83. The van der Waals surface area contributed by atoms with Gasteiger partial charge in [0.1, 0.15) is 5.78 Å². The molecular weight excluding hydrogens is 192 g/mol. The lowest BCUT2D eigenvalue weighted by molar-refractivity contribution is -0.129. The maximum atomic E-state index is 11.9. The summed E-state index contributed by atoms with van der Waals surface area (Å²) in [6, 6.07) is 0. The third kappa shape index (κ3) is 1.95. The van der Waals surface area contributed by atoms with Crippen LogP contribution in [0.15, 0.2) is 0 Å². The Morgan fingerprint density at radius 2 is 1.93 bits per heavy atom. The molecule has 0 aromatic carbocycles. The number of carbonyl (C=O) groups excluding carboxylic acids is 1. The van der Waals surface area contributed by atoms with E-state index < -0.39 is 0 Å². The summed E-state index contributed by atoms with van der Waals surface area (Å²) < 4.78 is 10.9. The van der Waals surface area contributed by atoms with Gasteiger partial charge in [0.05, 0.1) is 13.2 Å². The van der Waals surface area contributed by atoms with Gasteiger partial charge in [-0.3, -0.25) is 4.79 Å². The van der Waals surface area contributed by atoms with Gasteiger partial charge in [0.25, 0.3) is 0 Å². The van der Waals surface area contributed by atoms with Gasteiger partial charge < -0.3 is 9.47 Å². The Morgan fingerprint density at radius 1 is 1.33 bits per heavy atom. The van der Waals surface area contributed by atoms with Gasteiger partial charge in [-0.05, 0) is 12.3 Å². The average Bonchev–Trinajstić information content (AvgIpc) is 2.73. The number of hydrogen-bond donors (Lipinski definition) is 0. The minimum atomic E-state index is -0.200. The topological polar surface area (TPSA) is 35.5 Å². The van der Waals surface area contributed by atoms with Gasteiger partial charge in [-0.2, -0.15) is 0 Å². The molecule has 3 heteroatoms. The quantitative estimate of drug-likeness (QED) is 0.702. The summed E-state index contributed by atoms with van der Waals surface area (Å²) in [6.07, 6.45) is 1.77. The summed E-state index contributed by atoms with van der Waals surface area (Å²) in [4.78, 5) is 11.9. The van der Waals surface area contributed by atoms with Gasteiger partial charge in [0.2, 0.25) is 0 Å². The standard InChI is InChI=1S/C12H20O3/c1-8-6-9(12(2,3)11(8)13)7-10-14-4-5-15-10/h8-10H,4-7H2,1-3H3/t8-,9+/m0/s1. The van der Waals surface area contributed by atoms with Gasteiger partial charge in [0.15, 0.2) is 6.29 Å². The first-order valence-electron chi connectivity index (χ1n) is 5.79. The van der Waals surface area contributed by atoms with Crippen LogP contribution in [0.5, 0.6) is 0 Å². The van der Waals surface area contributed by atoms with Crippen molar-refractivity contribution in [2.75, 3.05) is 13.2 Å². The Kier molecular flexibility index (Phi) is 2.86. The molecule has 86 valence electrons. The predicted octanol–water partition coefficient (Wildman–Crippen LogP) is 2.00. The van der Waals surface area contributed by atoms with Crippen LogP contribution in [-0.4, -0.2) is 25.3 Å². The molecule has 1 aliphatic heterocycles. The molecule has 0 amide bonds. The zero-order chi connectivity index (χ0) is 11.1. The second-order valence-corrected chi connectivity index (χ2v) is 5.33. The Bertz CT molecular complexity index is 254. The van der Waals surface area contributed by atoms with Gasteiger partial charge >= 0.3 is 0 Å². The highest BCUT2D eigenvalue weighted by Crippen LogP contribution is 2.45. The van der Waals surface area contributed by atoms with Gasteiger partial charge in [-0.25, -0.2) is 0 Å². The monoisotopic (exact) mass is 212 g/mol. The minimum absolute atomic E-state index is 0.0765. The van der Waals surface area contributed by atoms with Crippen molar-refractivity contribution in [2.45, 2.75) is 39.9 Å². The number of hydrogen-bond acceptors (Lipinski definition) is 3. The van der Waals surface area contributed by atoms with Crippen molar-refractivity contribution in [3.05, 3.63) is 0 Å². The number of Topliss-reactive ketones (excluding diaryl/α,β-unsaturated/α-hetero) is 1. The largest absolute Gasteiger partial charge is 0.350 e. The van der Waals surface area contributed by atoms with Crippen LogP contribution in [0, 0.1) is 17.3 Å². The molecule has 1 heterocycles. The maximum absolute atomic E-state index is 11.9. The number of rotatable bonds is 2. The minimum Gasteiger partial charge on any atom is -0.350 e. The molecule has 0 spiro atoms. The first kappa shape index (κ1) is 11.1. The molecule has 2 atom stereocenters. The highest BCUT2D eigenvalue weighted by Gasteiger charge is 2.47. The summed E-state index contributed by atoms with van der Waals surface area (Å²) in [5.74, 6) is 1.000. The van der Waals surface area contributed by atoms with Crippen LogP contribution < -0.4 is 0 Å². The van der Waals surface area contributed by atoms with Crippen molar-refractivity contribution in [3.63, 3.8) is 0 Å². The van der Waals surface area contributed by atoms with Crippen molar-refractivity contribution in [2.24, 2.45) is 17.3 Å². The number of ketones is 1.